The lowest BCUT2D eigenvalue weighted by atomic mass is 9.80. The average molecular weight is 465 g/mol. The van der Waals surface area contributed by atoms with E-state index >= 15 is 0 Å². The van der Waals surface area contributed by atoms with E-state index < -0.39 is 0 Å². The van der Waals surface area contributed by atoms with E-state index in [1.54, 1.807) is 0 Å². The van der Waals surface area contributed by atoms with Crippen molar-refractivity contribution in [1.29, 1.82) is 0 Å². The first-order chi connectivity index (χ1) is 16.5. The summed E-state index contributed by atoms with van der Waals surface area (Å²) >= 11 is 0. The number of fused-ring (bicyclic) bond motifs is 1. The maximum absolute atomic E-state index is 13.5. The van der Waals surface area contributed by atoms with Gasteiger partial charge in [0.15, 0.2) is 17.3 Å². The topological polar surface area (TPSA) is 48.0 Å². The van der Waals surface area contributed by atoms with Gasteiger partial charge in [0, 0.05) is 24.1 Å². The summed E-state index contributed by atoms with van der Waals surface area (Å²) in [5, 5.41) is 0. The maximum atomic E-state index is 13.5. The third-order valence-corrected chi connectivity index (χ3v) is 6.46. The molecule has 0 saturated carbocycles. The highest BCUT2D eigenvalue weighted by Crippen LogP contribution is 2.37. The Morgan fingerprint density at radius 3 is 2.41 bits per heavy atom. The van der Waals surface area contributed by atoms with Gasteiger partial charge in [-0.05, 0) is 73.0 Å². The lowest BCUT2D eigenvalue weighted by molar-refractivity contribution is 0.0806. The molecule has 1 saturated heterocycles. The highest BCUT2D eigenvalue weighted by Gasteiger charge is 2.32. The van der Waals surface area contributed by atoms with Gasteiger partial charge in [0.2, 0.25) is 6.79 Å². The number of ketones is 1. The second-order valence-corrected chi connectivity index (χ2v) is 8.70. The number of carbonyl (C=O) groups excluding carboxylic acids is 1. The number of piperidine rings is 1. The quantitative estimate of drug-likeness (QED) is 0.457. The van der Waals surface area contributed by atoms with Crippen molar-refractivity contribution < 1.29 is 27.8 Å². The van der Waals surface area contributed by atoms with Gasteiger partial charge >= 0.3 is 0 Å². The van der Waals surface area contributed by atoms with Crippen LogP contribution in [0.2, 0.25) is 0 Å². The first-order valence-electron chi connectivity index (χ1n) is 11.3. The molecular weight excluding hydrogens is 440 g/mol. The summed E-state index contributed by atoms with van der Waals surface area (Å²) in [4.78, 5) is 14.9. The van der Waals surface area contributed by atoms with Gasteiger partial charge in [0.25, 0.3) is 0 Å². The van der Waals surface area contributed by atoms with Crippen LogP contribution in [0.3, 0.4) is 0 Å². The zero-order valence-electron chi connectivity index (χ0n) is 18.6. The molecule has 3 aromatic rings. The molecule has 0 unspecified atom stereocenters. The standard InChI is InChI=1S/C27H25F2NO4/c28-21-5-1-18(2-6-21)24-11-12-30(15-25(31)19-3-7-22(29)8-4-19)14-20(24)16-32-23-9-10-26-27(13-23)34-17-33-26/h1-10,13,20,24H,11-12,14-17H2/t20-,24-/m1/s1. The molecule has 0 aromatic heterocycles. The molecule has 0 amide bonds. The molecule has 5 rings (SSSR count). The van der Waals surface area contributed by atoms with Gasteiger partial charge in [-0.3, -0.25) is 9.69 Å². The molecule has 5 nitrogen and oxygen atoms in total. The zero-order valence-corrected chi connectivity index (χ0v) is 18.6. The van der Waals surface area contributed by atoms with E-state index in [0.717, 1.165) is 18.5 Å². The van der Waals surface area contributed by atoms with E-state index in [0.29, 0.717) is 36.0 Å². The predicted octanol–water partition coefficient (Wildman–Crippen LogP) is 5.06. The second-order valence-electron chi connectivity index (χ2n) is 8.70. The smallest absolute Gasteiger partial charge is 0.231 e. The number of hydrogen-bond donors (Lipinski definition) is 0. The van der Waals surface area contributed by atoms with Gasteiger partial charge in [-0.25, -0.2) is 8.78 Å². The van der Waals surface area contributed by atoms with Gasteiger partial charge in [-0.2, -0.15) is 0 Å². The van der Waals surface area contributed by atoms with Crippen molar-refractivity contribution in [2.75, 3.05) is 33.0 Å². The number of benzene rings is 3. The van der Waals surface area contributed by atoms with E-state index in [9.17, 15) is 13.6 Å². The molecule has 0 N–H and O–H groups in total. The summed E-state index contributed by atoms with van der Waals surface area (Å²) in [7, 11) is 0. The van der Waals surface area contributed by atoms with E-state index in [1.807, 2.05) is 30.3 Å². The van der Waals surface area contributed by atoms with Crippen LogP contribution in [-0.4, -0.2) is 43.7 Å². The van der Waals surface area contributed by atoms with Crippen LogP contribution < -0.4 is 14.2 Å². The summed E-state index contributed by atoms with van der Waals surface area (Å²) < 4.78 is 43.6. The molecule has 2 aliphatic heterocycles. The summed E-state index contributed by atoms with van der Waals surface area (Å²) in [6.07, 6.45) is 0.817. The number of likely N-dealkylation sites (tertiary alicyclic amines) is 1. The van der Waals surface area contributed by atoms with Crippen LogP contribution >= 0.6 is 0 Å². The van der Waals surface area contributed by atoms with Crippen LogP contribution in [0.1, 0.15) is 28.3 Å². The number of halogens is 2. The lowest BCUT2D eigenvalue weighted by Gasteiger charge is -2.38. The molecule has 2 aliphatic rings. The molecule has 0 spiro atoms. The summed E-state index contributed by atoms with van der Waals surface area (Å²) in [5.74, 6) is 1.62. The molecule has 34 heavy (non-hydrogen) atoms. The van der Waals surface area contributed by atoms with Crippen molar-refractivity contribution in [3.63, 3.8) is 0 Å². The van der Waals surface area contributed by atoms with Crippen molar-refractivity contribution in [3.05, 3.63) is 89.5 Å². The Morgan fingerprint density at radius 2 is 1.65 bits per heavy atom. The van der Waals surface area contributed by atoms with Crippen LogP contribution in [-0.2, 0) is 0 Å². The Balaban J connectivity index is 1.29. The predicted molar refractivity (Wildman–Crippen MR) is 122 cm³/mol. The zero-order chi connectivity index (χ0) is 23.5. The summed E-state index contributed by atoms with van der Waals surface area (Å²) in [6.45, 7) is 2.27. The molecule has 3 aromatic carbocycles. The van der Waals surface area contributed by atoms with Gasteiger partial charge < -0.3 is 14.2 Å². The van der Waals surface area contributed by atoms with E-state index in [2.05, 4.69) is 4.90 Å². The fraction of sp³-hybridized carbons (Fsp3) is 0.296. The molecule has 2 heterocycles. The third-order valence-electron chi connectivity index (χ3n) is 6.46. The second kappa shape index (κ2) is 9.81. The summed E-state index contributed by atoms with van der Waals surface area (Å²) in [5.41, 5.74) is 1.56. The van der Waals surface area contributed by atoms with Crippen molar-refractivity contribution in [1.82, 2.24) is 4.90 Å². The average Bonchev–Trinajstić information content (AvgIpc) is 3.32. The van der Waals surface area contributed by atoms with Crippen molar-refractivity contribution in [2.45, 2.75) is 12.3 Å². The van der Waals surface area contributed by atoms with Crippen molar-refractivity contribution in [2.24, 2.45) is 5.92 Å². The fourth-order valence-electron chi connectivity index (χ4n) is 4.67. The number of hydrogen-bond acceptors (Lipinski definition) is 5. The molecule has 0 radical (unpaired) electrons. The third kappa shape index (κ3) is 5.04. The van der Waals surface area contributed by atoms with Crippen LogP contribution in [0.15, 0.2) is 66.7 Å². The number of nitrogens with zero attached hydrogens (tertiary/aromatic N) is 1. The molecule has 176 valence electrons. The minimum absolute atomic E-state index is 0.0457. The number of Topliss-reactive ketones (excluding diaryl/α,β-unsaturated/α-hetero) is 1. The monoisotopic (exact) mass is 465 g/mol. The van der Waals surface area contributed by atoms with Gasteiger partial charge in [0.1, 0.15) is 17.4 Å². The number of carbonyl (C=O) groups is 1. The highest BCUT2D eigenvalue weighted by molar-refractivity contribution is 5.97. The highest BCUT2D eigenvalue weighted by atomic mass is 19.1. The van der Waals surface area contributed by atoms with Gasteiger partial charge in [-0.15, -0.1) is 0 Å². The number of rotatable bonds is 7. The Bertz CT molecular complexity index is 1150. The lowest BCUT2D eigenvalue weighted by Crippen LogP contribution is -2.44. The van der Waals surface area contributed by atoms with Gasteiger partial charge in [-0.1, -0.05) is 12.1 Å². The molecule has 7 heteroatoms. The van der Waals surface area contributed by atoms with Gasteiger partial charge in [0.05, 0.1) is 13.2 Å². The van der Waals surface area contributed by atoms with Crippen LogP contribution in [0, 0.1) is 17.6 Å². The summed E-state index contributed by atoms with van der Waals surface area (Å²) in [6, 6.07) is 17.7. The van der Waals surface area contributed by atoms with Crippen molar-refractivity contribution >= 4 is 5.78 Å². The molecular formula is C27H25F2NO4. The molecule has 0 aliphatic carbocycles. The molecule has 0 bridgehead atoms. The normalized spacial score (nSPS) is 19.7. The minimum atomic E-state index is -0.364. The first-order valence-corrected chi connectivity index (χ1v) is 11.3. The SMILES string of the molecule is O=C(CN1CC[C@H](c2ccc(F)cc2)[C@@H](COc2ccc3c(c2)OCO3)C1)c1ccc(F)cc1. The maximum Gasteiger partial charge on any atom is 0.231 e. The fourth-order valence-corrected chi connectivity index (χ4v) is 4.67. The Morgan fingerprint density at radius 1 is 0.941 bits per heavy atom. The Hall–Kier alpha value is -3.45. The minimum Gasteiger partial charge on any atom is -0.493 e. The molecule has 2 atom stereocenters. The van der Waals surface area contributed by atoms with E-state index in [-0.39, 0.29) is 42.6 Å². The Kier molecular flexibility index (Phi) is 6.45. The van der Waals surface area contributed by atoms with E-state index in [1.165, 1.54) is 36.4 Å². The van der Waals surface area contributed by atoms with Crippen LogP contribution in [0.25, 0.3) is 0 Å². The van der Waals surface area contributed by atoms with Crippen molar-refractivity contribution in [3.8, 4) is 17.2 Å². The largest absolute Gasteiger partial charge is 0.493 e. The van der Waals surface area contributed by atoms with Crippen LogP contribution in [0.5, 0.6) is 17.2 Å². The molecule has 1 fully saturated rings. The first kappa shape index (κ1) is 22.3. The van der Waals surface area contributed by atoms with E-state index in [4.69, 9.17) is 14.2 Å². The Labute approximate surface area is 196 Å². The number of ether oxygens (including phenoxy) is 3. The van der Waals surface area contributed by atoms with Crippen LogP contribution in [0.4, 0.5) is 8.78 Å².